The molecule has 1 saturated heterocycles. The molecular weight excluding hydrogens is 400 g/mol. The average Bonchev–Trinajstić information content (AvgIpc) is 2.83. The number of amides is 2. The molecule has 3 heterocycles. The second-order valence-electron chi connectivity index (χ2n) is 9.03. The van der Waals surface area contributed by atoms with Gasteiger partial charge in [-0.25, -0.2) is 0 Å². The fourth-order valence-electron chi connectivity index (χ4n) is 5.11. The normalized spacial score (nSPS) is 19.4. The molecule has 2 aliphatic heterocycles. The maximum Gasteiger partial charge on any atom is 0.224 e. The molecule has 32 heavy (non-hydrogen) atoms. The van der Waals surface area contributed by atoms with E-state index in [2.05, 4.69) is 28.1 Å². The van der Waals surface area contributed by atoms with Crippen molar-refractivity contribution in [1.82, 2.24) is 19.7 Å². The third-order valence-corrected chi connectivity index (χ3v) is 7.09. The Morgan fingerprint density at radius 1 is 1.06 bits per heavy atom. The summed E-state index contributed by atoms with van der Waals surface area (Å²) in [5.41, 5.74) is 3.51. The summed E-state index contributed by atoms with van der Waals surface area (Å²) in [6.45, 7) is 5.30. The molecule has 0 N–H and O–H groups in total. The zero-order valence-corrected chi connectivity index (χ0v) is 19.2. The largest absolute Gasteiger partial charge is 0.343 e. The average molecular weight is 435 g/mol. The van der Waals surface area contributed by atoms with Gasteiger partial charge in [0.1, 0.15) is 0 Å². The number of pyridine rings is 1. The molecule has 0 spiro atoms. The maximum atomic E-state index is 13.2. The lowest BCUT2D eigenvalue weighted by Crippen LogP contribution is -2.47. The van der Waals surface area contributed by atoms with Crippen molar-refractivity contribution >= 4 is 11.8 Å². The molecule has 1 atom stereocenters. The lowest BCUT2D eigenvalue weighted by molar-refractivity contribution is -0.137. The van der Waals surface area contributed by atoms with Crippen molar-refractivity contribution in [1.29, 1.82) is 0 Å². The summed E-state index contributed by atoms with van der Waals surface area (Å²) < 4.78 is 0. The van der Waals surface area contributed by atoms with E-state index in [4.69, 9.17) is 0 Å². The Morgan fingerprint density at radius 2 is 1.81 bits per heavy atom. The molecule has 1 aromatic heterocycles. The fourth-order valence-corrected chi connectivity index (χ4v) is 5.11. The molecule has 6 nitrogen and oxygen atoms in total. The molecule has 1 unspecified atom stereocenters. The molecule has 6 heteroatoms. The van der Waals surface area contributed by atoms with Gasteiger partial charge >= 0.3 is 0 Å². The van der Waals surface area contributed by atoms with E-state index >= 15 is 0 Å². The number of carbonyl (C=O) groups is 2. The number of likely N-dealkylation sites (tertiary alicyclic amines) is 1. The van der Waals surface area contributed by atoms with Crippen molar-refractivity contribution < 1.29 is 9.59 Å². The molecule has 0 radical (unpaired) electrons. The first-order valence-electron chi connectivity index (χ1n) is 11.8. The minimum atomic E-state index is -0.161. The van der Waals surface area contributed by atoms with E-state index in [1.54, 1.807) is 6.92 Å². The van der Waals surface area contributed by atoms with Gasteiger partial charge in [0.15, 0.2) is 0 Å². The first kappa shape index (κ1) is 22.5. The lowest BCUT2D eigenvalue weighted by Gasteiger charge is -2.40. The van der Waals surface area contributed by atoms with E-state index in [9.17, 15) is 9.59 Å². The van der Waals surface area contributed by atoms with Crippen LogP contribution in [0.5, 0.6) is 0 Å². The van der Waals surface area contributed by atoms with Gasteiger partial charge in [-0.2, -0.15) is 0 Å². The number of carbonyl (C=O) groups excluding carboxylic acids is 2. The van der Waals surface area contributed by atoms with E-state index < -0.39 is 0 Å². The van der Waals surface area contributed by atoms with Crippen molar-refractivity contribution in [3.8, 4) is 0 Å². The SMILES string of the molecule is CC(=O)N1CCc2ccccc2C1CC(=O)N(C)C1CCN(CCc2ccccn2)CC1. The Morgan fingerprint density at radius 3 is 2.53 bits per heavy atom. The van der Waals surface area contributed by atoms with Crippen LogP contribution in [0.3, 0.4) is 0 Å². The zero-order chi connectivity index (χ0) is 22.5. The quantitative estimate of drug-likeness (QED) is 0.701. The summed E-state index contributed by atoms with van der Waals surface area (Å²) in [7, 11) is 1.93. The minimum Gasteiger partial charge on any atom is -0.343 e. The van der Waals surface area contributed by atoms with E-state index in [1.165, 1.54) is 5.56 Å². The molecule has 0 saturated carbocycles. The van der Waals surface area contributed by atoms with E-state index in [-0.39, 0.29) is 23.9 Å². The Hall–Kier alpha value is -2.73. The topological polar surface area (TPSA) is 56.8 Å². The highest BCUT2D eigenvalue weighted by atomic mass is 16.2. The van der Waals surface area contributed by atoms with E-state index in [1.807, 2.05) is 47.3 Å². The van der Waals surface area contributed by atoms with Crippen LogP contribution in [0, 0.1) is 0 Å². The van der Waals surface area contributed by atoms with Gasteiger partial charge in [0.2, 0.25) is 11.8 Å². The number of hydrogen-bond acceptors (Lipinski definition) is 4. The van der Waals surface area contributed by atoms with Gasteiger partial charge in [-0.05, 0) is 42.5 Å². The Kier molecular flexibility index (Phi) is 7.20. The third-order valence-electron chi connectivity index (χ3n) is 7.09. The smallest absolute Gasteiger partial charge is 0.224 e. The summed E-state index contributed by atoms with van der Waals surface area (Å²) in [6, 6.07) is 14.4. The first-order valence-corrected chi connectivity index (χ1v) is 11.8. The van der Waals surface area contributed by atoms with Gasteiger partial charge in [0.05, 0.1) is 12.5 Å². The fraction of sp³-hybridized carbons (Fsp3) is 0.500. The molecule has 0 bridgehead atoms. The molecule has 0 aliphatic carbocycles. The van der Waals surface area contributed by atoms with Gasteiger partial charge in [-0.1, -0.05) is 30.3 Å². The Bertz CT molecular complexity index is 924. The minimum absolute atomic E-state index is 0.0428. The number of nitrogens with zero attached hydrogens (tertiary/aromatic N) is 4. The summed E-state index contributed by atoms with van der Waals surface area (Å²) in [4.78, 5) is 36.2. The molecule has 2 aliphatic rings. The van der Waals surface area contributed by atoms with Crippen LogP contribution in [0.15, 0.2) is 48.7 Å². The summed E-state index contributed by atoms with van der Waals surface area (Å²) in [5.74, 6) is 0.172. The second kappa shape index (κ2) is 10.3. The van der Waals surface area contributed by atoms with Crippen LogP contribution < -0.4 is 0 Å². The van der Waals surface area contributed by atoms with Gasteiger partial charge in [0, 0.05) is 64.5 Å². The van der Waals surface area contributed by atoms with Crippen molar-refractivity contribution in [3.63, 3.8) is 0 Å². The molecule has 1 fully saturated rings. The number of benzene rings is 1. The van der Waals surface area contributed by atoms with E-state index in [0.29, 0.717) is 13.0 Å². The number of aromatic nitrogens is 1. The van der Waals surface area contributed by atoms with Crippen LogP contribution in [0.2, 0.25) is 0 Å². The lowest BCUT2D eigenvalue weighted by atomic mass is 9.90. The molecule has 4 rings (SSSR count). The van der Waals surface area contributed by atoms with Crippen molar-refractivity contribution in [2.75, 3.05) is 33.2 Å². The first-order chi connectivity index (χ1) is 15.5. The highest BCUT2D eigenvalue weighted by Gasteiger charge is 2.33. The third kappa shape index (κ3) is 5.18. The van der Waals surface area contributed by atoms with Gasteiger partial charge in [-0.15, -0.1) is 0 Å². The number of hydrogen-bond donors (Lipinski definition) is 0. The highest BCUT2D eigenvalue weighted by Crippen LogP contribution is 2.33. The van der Waals surface area contributed by atoms with Crippen molar-refractivity contribution in [3.05, 3.63) is 65.5 Å². The zero-order valence-electron chi connectivity index (χ0n) is 19.2. The predicted molar refractivity (Wildman–Crippen MR) is 125 cm³/mol. The van der Waals surface area contributed by atoms with Crippen molar-refractivity contribution in [2.45, 2.75) is 51.1 Å². The Labute approximate surface area is 191 Å². The van der Waals surface area contributed by atoms with Gasteiger partial charge in [0.25, 0.3) is 0 Å². The maximum absolute atomic E-state index is 13.2. The monoisotopic (exact) mass is 434 g/mol. The van der Waals surface area contributed by atoms with Crippen LogP contribution in [0.4, 0.5) is 0 Å². The van der Waals surface area contributed by atoms with E-state index in [0.717, 1.165) is 56.6 Å². The van der Waals surface area contributed by atoms with Gasteiger partial charge in [-0.3, -0.25) is 14.6 Å². The highest BCUT2D eigenvalue weighted by molar-refractivity contribution is 5.80. The van der Waals surface area contributed by atoms with Crippen LogP contribution in [0.1, 0.15) is 49.0 Å². The number of fused-ring (bicyclic) bond motifs is 1. The van der Waals surface area contributed by atoms with Crippen LogP contribution in [-0.2, 0) is 22.4 Å². The molecule has 1 aromatic carbocycles. The Balaban J connectivity index is 1.32. The standard InChI is InChI=1S/C26H34N4O2/c1-20(31)30-18-10-21-7-3-4-9-24(21)25(30)19-26(32)28(2)23-12-16-29(17-13-23)15-11-22-8-5-6-14-27-22/h3-9,14,23,25H,10-13,15-19H2,1-2H3. The number of rotatable bonds is 6. The summed E-state index contributed by atoms with van der Waals surface area (Å²) >= 11 is 0. The number of piperidine rings is 1. The van der Waals surface area contributed by atoms with Gasteiger partial charge < -0.3 is 14.7 Å². The molecule has 2 aromatic rings. The second-order valence-corrected chi connectivity index (χ2v) is 9.03. The molecular formula is C26H34N4O2. The van der Waals surface area contributed by atoms with Crippen LogP contribution in [-0.4, -0.2) is 70.8 Å². The molecule has 170 valence electrons. The van der Waals surface area contributed by atoms with Crippen molar-refractivity contribution in [2.24, 2.45) is 0 Å². The predicted octanol–water partition coefficient (Wildman–Crippen LogP) is 3.08. The summed E-state index contributed by atoms with van der Waals surface area (Å²) in [5, 5.41) is 0. The summed E-state index contributed by atoms with van der Waals surface area (Å²) in [6.07, 6.45) is 5.99. The van der Waals surface area contributed by atoms with Crippen LogP contribution >= 0.6 is 0 Å². The molecule has 2 amide bonds. The van der Waals surface area contributed by atoms with Crippen LogP contribution in [0.25, 0.3) is 0 Å².